The summed E-state index contributed by atoms with van der Waals surface area (Å²) in [4.78, 5) is 0. The van der Waals surface area contributed by atoms with Crippen molar-refractivity contribution in [3.8, 4) is 5.75 Å². The van der Waals surface area contributed by atoms with Crippen LogP contribution < -0.4 is 10.1 Å². The zero-order valence-electron chi connectivity index (χ0n) is 9.92. The van der Waals surface area contributed by atoms with Crippen LogP contribution in [0.2, 0.25) is 0 Å². The van der Waals surface area contributed by atoms with Gasteiger partial charge >= 0.3 is 0 Å². The first-order chi connectivity index (χ1) is 7.67. The van der Waals surface area contributed by atoms with E-state index < -0.39 is 0 Å². The highest BCUT2D eigenvalue weighted by molar-refractivity contribution is 5.49. The fourth-order valence-electron chi connectivity index (χ4n) is 1.40. The highest BCUT2D eigenvalue weighted by Gasteiger charge is 2.06. The quantitative estimate of drug-likeness (QED) is 0.810. The van der Waals surface area contributed by atoms with Gasteiger partial charge in [-0.05, 0) is 25.5 Å². The van der Waals surface area contributed by atoms with E-state index in [9.17, 15) is 4.39 Å². The van der Waals surface area contributed by atoms with E-state index in [0.717, 1.165) is 12.1 Å². The molecule has 16 heavy (non-hydrogen) atoms. The maximum atomic E-state index is 13.1. The molecule has 0 saturated carbocycles. The van der Waals surface area contributed by atoms with Crippen LogP contribution in [0.5, 0.6) is 5.75 Å². The van der Waals surface area contributed by atoms with E-state index in [-0.39, 0.29) is 17.6 Å². The topological polar surface area (TPSA) is 30.5 Å². The molecular formula is C12H18FNO2. The standard InChI is InChI=1S/C12H18FNO2/c1-9(6-7-15-2)14-10-4-5-11(13)12(8-10)16-3/h4-5,8-9,14H,6-7H2,1-3H3. The zero-order chi connectivity index (χ0) is 12.0. The van der Waals surface area contributed by atoms with Gasteiger partial charge in [-0.1, -0.05) is 0 Å². The van der Waals surface area contributed by atoms with Crippen molar-refractivity contribution in [3.63, 3.8) is 0 Å². The Balaban J connectivity index is 2.59. The molecule has 1 aromatic carbocycles. The molecule has 0 aliphatic carbocycles. The minimum Gasteiger partial charge on any atom is -0.494 e. The number of hydrogen-bond donors (Lipinski definition) is 1. The fourth-order valence-corrected chi connectivity index (χ4v) is 1.40. The van der Waals surface area contributed by atoms with Crippen LogP contribution in [0.25, 0.3) is 0 Å². The van der Waals surface area contributed by atoms with E-state index in [1.54, 1.807) is 19.2 Å². The van der Waals surface area contributed by atoms with Gasteiger partial charge in [0.25, 0.3) is 0 Å². The van der Waals surface area contributed by atoms with Gasteiger partial charge in [-0.15, -0.1) is 0 Å². The minimum absolute atomic E-state index is 0.254. The number of methoxy groups -OCH3 is 2. The summed E-state index contributed by atoms with van der Waals surface area (Å²) >= 11 is 0. The number of rotatable bonds is 6. The van der Waals surface area contributed by atoms with E-state index in [2.05, 4.69) is 12.2 Å². The summed E-state index contributed by atoms with van der Waals surface area (Å²) in [5.41, 5.74) is 0.849. The summed E-state index contributed by atoms with van der Waals surface area (Å²) in [6.07, 6.45) is 0.899. The van der Waals surface area contributed by atoms with Crippen molar-refractivity contribution in [3.05, 3.63) is 24.0 Å². The molecule has 0 aromatic heterocycles. The summed E-state index contributed by atoms with van der Waals surface area (Å²) in [6, 6.07) is 5.01. The Morgan fingerprint density at radius 1 is 1.38 bits per heavy atom. The minimum atomic E-state index is -0.349. The van der Waals surface area contributed by atoms with Crippen LogP contribution in [0.4, 0.5) is 10.1 Å². The molecule has 1 atom stereocenters. The molecule has 0 saturated heterocycles. The van der Waals surface area contributed by atoms with Gasteiger partial charge in [-0.3, -0.25) is 0 Å². The molecule has 0 heterocycles. The van der Waals surface area contributed by atoms with Crippen molar-refractivity contribution in [2.24, 2.45) is 0 Å². The van der Waals surface area contributed by atoms with Gasteiger partial charge in [0, 0.05) is 31.5 Å². The molecule has 0 fully saturated rings. The second kappa shape index (κ2) is 6.33. The SMILES string of the molecule is COCCC(C)Nc1ccc(F)c(OC)c1. The monoisotopic (exact) mass is 227 g/mol. The molecule has 4 heteroatoms. The summed E-state index contributed by atoms with van der Waals surface area (Å²) in [7, 11) is 3.13. The average molecular weight is 227 g/mol. The summed E-state index contributed by atoms with van der Waals surface area (Å²) in [6.45, 7) is 2.75. The molecule has 0 amide bonds. The lowest BCUT2D eigenvalue weighted by Crippen LogP contribution is -2.17. The number of benzene rings is 1. The lowest BCUT2D eigenvalue weighted by Gasteiger charge is -2.15. The van der Waals surface area contributed by atoms with E-state index in [0.29, 0.717) is 6.61 Å². The highest BCUT2D eigenvalue weighted by Crippen LogP contribution is 2.22. The van der Waals surface area contributed by atoms with Crippen LogP contribution in [0, 0.1) is 5.82 Å². The maximum absolute atomic E-state index is 13.1. The second-order valence-corrected chi connectivity index (χ2v) is 3.68. The van der Waals surface area contributed by atoms with Gasteiger partial charge in [0.2, 0.25) is 0 Å². The predicted octanol–water partition coefficient (Wildman–Crippen LogP) is 2.67. The van der Waals surface area contributed by atoms with Crippen molar-refractivity contribution in [1.29, 1.82) is 0 Å². The molecule has 1 N–H and O–H groups in total. The Morgan fingerprint density at radius 2 is 2.12 bits per heavy atom. The molecule has 1 aromatic rings. The van der Waals surface area contributed by atoms with E-state index in [4.69, 9.17) is 9.47 Å². The van der Waals surface area contributed by atoms with Gasteiger partial charge in [-0.2, -0.15) is 0 Å². The van der Waals surface area contributed by atoms with Gasteiger partial charge in [0.05, 0.1) is 7.11 Å². The van der Waals surface area contributed by atoms with Crippen molar-refractivity contribution in [2.75, 3.05) is 26.1 Å². The lowest BCUT2D eigenvalue weighted by molar-refractivity contribution is 0.191. The number of ether oxygens (including phenoxy) is 2. The molecule has 1 unspecified atom stereocenters. The third-order valence-corrected chi connectivity index (χ3v) is 2.32. The normalized spacial score (nSPS) is 12.2. The molecule has 90 valence electrons. The van der Waals surface area contributed by atoms with Crippen molar-refractivity contribution in [2.45, 2.75) is 19.4 Å². The van der Waals surface area contributed by atoms with E-state index in [1.165, 1.54) is 13.2 Å². The molecule has 0 bridgehead atoms. The average Bonchev–Trinajstić information content (AvgIpc) is 2.29. The first-order valence-electron chi connectivity index (χ1n) is 5.26. The number of anilines is 1. The first kappa shape index (κ1) is 12.8. The van der Waals surface area contributed by atoms with Gasteiger partial charge < -0.3 is 14.8 Å². The Labute approximate surface area is 95.6 Å². The van der Waals surface area contributed by atoms with Gasteiger partial charge in [0.1, 0.15) is 0 Å². The maximum Gasteiger partial charge on any atom is 0.165 e. The van der Waals surface area contributed by atoms with E-state index >= 15 is 0 Å². The molecule has 3 nitrogen and oxygen atoms in total. The highest BCUT2D eigenvalue weighted by atomic mass is 19.1. The smallest absolute Gasteiger partial charge is 0.165 e. The number of nitrogens with one attached hydrogen (secondary N) is 1. The lowest BCUT2D eigenvalue weighted by atomic mass is 10.2. The largest absolute Gasteiger partial charge is 0.494 e. The summed E-state index contributed by atoms with van der Waals surface area (Å²) in [5, 5.41) is 3.25. The molecule has 1 rings (SSSR count). The van der Waals surface area contributed by atoms with Crippen molar-refractivity contribution < 1.29 is 13.9 Å². The Bertz CT molecular complexity index is 331. The summed E-state index contributed by atoms with van der Waals surface area (Å²) in [5.74, 6) is -0.0958. The number of hydrogen-bond acceptors (Lipinski definition) is 3. The molecule has 0 spiro atoms. The van der Waals surface area contributed by atoms with Gasteiger partial charge in [0.15, 0.2) is 11.6 Å². The molecule has 0 aliphatic heterocycles. The Morgan fingerprint density at radius 3 is 2.75 bits per heavy atom. The van der Waals surface area contributed by atoms with Crippen LogP contribution in [0.15, 0.2) is 18.2 Å². The van der Waals surface area contributed by atoms with E-state index in [1.807, 2.05) is 0 Å². The van der Waals surface area contributed by atoms with Crippen LogP contribution in [-0.4, -0.2) is 26.9 Å². The van der Waals surface area contributed by atoms with Crippen LogP contribution in [0.1, 0.15) is 13.3 Å². The molecule has 0 aliphatic rings. The Kier molecular flexibility index (Phi) is 5.05. The third-order valence-electron chi connectivity index (χ3n) is 2.32. The third kappa shape index (κ3) is 3.70. The zero-order valence-corrected chi connectivity index (χ0v) is 9.92. The van der Waals surface area contributed by atoms with Crippen LogP contribution in [-0.2, 0) is 4.74 Å². The molecular weight excluding hydrogens is 209 g/mol. The first-order valence-corrected chi connectivity index (χ1v) is 5.26. The Hall–Kier alpha value is -1.29. The van der Waals surface area contributed by atoms with Crippen molar-refractivity contribution in [1.82, 2.24) is 0 Å². The van der Waals surface area contributed by atoms with Gasteiger partial charge in [-0.25, -0.2) is 4.39 Å². The second-order valence-electron chi connectivity index (χ2n) is 3.68. The van der Waals surface area contributed by atoms with Crippen LogP contribution in [0.3, 0.4) is 0 Å². The predicted molar refractivity (Wildman–Crippen MR) is 62.5 cm³/mol. The molecule has 0 radical (unpaired) electrons. The fraction of sp³-hybridized carbons (Fsp3) is 0.500. The number of halogens is 1. The summed E-state index contributed by atoms with van der Waals surface area (Å²) < 4.78 is 23.0. The van der Waals surface area contributed by atoms with Crippen LogP contribution >= 0.6 is 0 Å². The van der Waals surface area contributed by atoms with Crippen molar-refractivity contribution >= 4 is 5.69 Å².